The molecule has 10 nitrogen and oxygen atoms in total. The highest BCUT2D eigenvalue weighted by Gasteiger charge is 2.29. The van der Waals surface area contributed by atoms with Crippen molar-refractivity contribution in [3.05, 3.63) is 75.1 Å². The second kappa shape index (κ2) is 8.99. The third-order valence-corrected chi connectivity index (χ3v) is 6.86. The number of rotatable bonds is 7. The first kappa shape index (κ1) is 23.6. The summed E-state index contributed by atoms with van der Waals surface area (Å²) in [6.45, 7) is 7.33. The van der Waals surface area contributed by atoms with Gasteiger partial charge >= 0.3 is 11.1 Å². The van der Waals surface area contributed by atoms with Crippen LogP contribution in [0.5, 0.6) is 0 Å². The molecule has 0 aliphatic carbocycles. The molecule has 0 aliphatic heterocycles. The van der Waals surface area contributed by atoms with Gasteiger partial charge in [-0.1, -0.05) is 37.2 Å². The zero-order valence-corrected chi connectivity index (χ0v) is 20.0. The van der Waals surface area contributed by atoms with Crippen LogP contribution in [0.3, 0.4) is 0 Å². The molecule has 0 spiro atoms. The van der Waals surface area contributed by atoms with Crippen LogP contribution in [0.25, 0.3) is 22.4 Å². The van der Waals surface area contributed by atoms with Crippen LogP contribution >= 0.6 is 0 Å². The van der Waals surface area contributed by atoms with Crippen molar-refractivity contribution in [2.45, 2.75) is 44.7 Å². The van der Waals surface area contributed by atoms with Gasteiger partial charge in [-0.2, -0.15) is 9.71 Å². The quantitative estimate of drug-likeness (QED) is 0.385. The van der Waals surface area contributed by atoms with Crippen molar-refractivity contribution in [2.24, 2.45) is 5.92 Å². The van der Waals surface area contributed by atoms with Gasteiger partial charge in [-0.3, -0.25) is 14.2 Å². The molecule has 4 aromatic rings. The van der Waals surface area contributed by atoms with Gasteiger partial charge < -0.3 is 9.51 Å². The topological polar surface area (TPSA) is 140 Å². The first-order valence-corrected chi connectivity index (χ1v) is 12.3. The maximum Gasteiger partial charge on any atom is 0.316 e. The minimum atomic E-state index is -3.81. The monoisotopic (exact) mass is 483 g/mol. The van der Waals surface area contributed by atoms with E-state index in [2.05, 4.69) is 19.8 Å². The summed E-state index contributed by atoms with van der Waals surface area (Å²) in [6.07, 6.45) is 0. The summed E-state index contributed by atoms with van der Waals surface area (Å²) >= 11 is 0. The number of aromatic amines is 1. The molecule has 0 saturated heterocycles. The van der Waals surface area contributed by atoms with Gasteiger partial charge in [0.05, 0.1) is 15.9 Å². The van der Waals surface area contributed by atoms with Gasteiger partial charge in [-0.15, -0.1) is 0 Å². The molecule has 0 aliphatic rings. The standard InChI is InChI=1S/C23H25N5O5S/c1-13(2)19(27-34(31,32)16-8-6-5-7-9-16)22-25-20(26-33-22)15-10-11-18-17(12-15)24-21(29)23(30)28(18)14(3)4/h5-14,19,27H,1-4H3,(H,24,29)/t19-/m0/s1. The van der Waals surface area contributed by atoms with E-state index in [1.54, 1.807) is 36.4 Å². The Hall–Kier alpha value is -3.57. The Kier molecular flexibility index (Phi) is 6.24. The highest BCUT2D eigenvalue weighted by atomic mass is 32.2. The Labute approximate surface area is 195 Å². The predicted molar refractivity (Wildman–Crippen MR) is 127 cm³/mol. The second-order valence-electron chi connectivity index (χ2n) is 8.57. The largest absolute Gasteiger partial charge is 0.337 e. The van der Waals surface area contributed by atoms with Crippen molar-refractivity contribution in [3.8, 4) is 11.4 Å². The third kappa shape index (κ3) is 4.44. The van der Waals surface area contributed by atoms with E-state index >= 15 is 0 Å². The van der Waals surface area contributed by atoms with E-state index in [9.17, 15) is 18.0 Å². The normalized spacial score (nSPS) is 13.1. The number of nitrogens with zero attached hydrogens (tertiary/aromatic N) is 3. The molecule has 178 valence electrons. The van der Waals surface area contributed by atoms with Crippen LogP contribution in [0, 0.1) is 5.92 Å². The van der Waals surface area contributed by atoms with Crippen LogP contribution in [-0.4, -0.2) is 28.1 Å². The van der Waals surface area contributed by atoms with Gasteiger partial charge in [0, 0.05) is 11.6 Å². The lowest BCUT2D eigenvalue weighted by Crippen LogP contribution is -2.37. The molecule has 4 rings (SSSR count). The zero-order valence-electron chi connectivity index (χ0n) is 19.1. The van der Waals surface area contributed by atoms with Gasteiger partial charge in [0.15, 0.2) is 0 Å². The maximum absolute atomic E-state index is 12.8. The molecule has 11 heteroatoms. The molecule has 2 aromatic heterocycles. The Morgan fingerprint density at radius 1 is 1.03 bits per heavy atom. The first-order valence-electron chi connectivity index (χ1n) is 10.8. The lowest BCUT2D eigenvalue weighted by atomic mass is 10.1. The Balaban J connectivity index is 1.71. The van der Waals surface area contributed by atoms with E-state index in [4.69, 9.17) is 4.52 Å². The fourth-order valence-corrected chi connectivity index (χ4v) is 5.04. The summed E-state index contributed by atoms with van der Waals surface area (Å²) in [5.41, 5.74) is 0.223. The van der Waals surface area contributed by atoms with Crippen LogP contribution in [0.2, 0.25) is 0 Å². The number of aromatic nitrogens is 4. The summed E-state index contributed by atoms with van der Waals surface area (Å²) in [7, 11) is -3.81. The van der Waals surface area contributed by atoms with E-state index in [1.807, 2.05) is 27.7 Å². The van der Waals surface area contributed by atoms with Gasteiger partial charge in [0.2, 0.25) is 21.7 Å². The molecule has 0 saturated carbocycles. The van der Waals surface area contributed by atoms with Gasteiger partial charge in [0.1, 0.15) is 6.04 Å². The smallest absolute Gasteiger partial charge is 0.316 e. The second-order valence-corrected chi connectivity index (χ2v) is 10.3. The van der Waals surface area contributed by atoms with E-state index in [0.717, 1.165) is 0 Å². The van der Waals surface area contributed by atoms with Crippen molar-refractivity contribution in [3.63, 3.8) is 0 Å². The summed E-state index contributed by atoms with van der Waals surface area (Å²) < 4.78 is 35.1. The van der Waals surface area contributed by atoms with Gasteiger partial charge in [-0.05, 0) is 50.1 Å². The highest BCUT2D eigenvalue weighted by molar-refractivity contribution is 7.89. The number of sulfonamides is 1. The zero-order chi connectivity index (χ0) is 24.6. The first-order chi connectivity index (χ1) is 16.1. The summed E-state index contributed by atoms with van der Waals surface area (Å²) in [4.78, 5) is 31.5. The van der Waals surface area contributed by atoms with Crippen molar-refractivity contribution in [1.29, 1.82) is 0 Å². The Bertz CT molecular complexity index is 1550. The maximum atomic E-state index is 12.8. The number of benzene rings is 2. The fourth-order valence-electron chi connectivity index (χ4n) is 3.68. The van der Waals surface area contributed by atoms with E-state index in [-0.39, 0.29) is 28.6 Å². The van der Waals surface area contributed by atoms with Crippen LogP contribution in [0.1, 0.15) is 45.7 Å². The molecule has 1 atom stereocenters. The molecule has 2 heterocycles. The molecular weight excluding hydrogens is 458 g/mol. The SMILES string of the molecule is CC(C)[C@H](NS(=O)(=O)c1ccccc1)c1nc(-c2ccc3c(c2)[nH]c(=O)c(=O)n3C(C)C)no1. The average Bonchev–Trinajstić information content (AvgIpc) is 3.28. The molecule has 0 fully saturated rings. The predicted octanol–water partition coefficient (Wildman–Crippen LogP) is 3.00. The molecule has 2 N–H and O–H groups in total. The Morgan fingerprint density at radius 3 is 2.38 bits per heavy atom. The number of hydrogen-bond acceptors (Lipinski definition) is 7. The molecule has 34 heavy (non-hydrogen) atoms. The Morgan fingerprint density at radius 2 is 1.74 bits per heavy atom. The lowest BCUT2D eigenvalue weighted by molar-refractivity contribution is 0.311. The molecule has 0 amide bonds. The lowest BCUT2D eigenvalue weighted by Gasteiger charge is -2.18. The van der Waals surface area contributed by atoms with E-state index in [0.29, 0.717) is 16.6 Å². The van der Waals surface area contributed by atoms with Crippen LogP contribution in [-0.2, 0) is 10.0 Å². The summed E-state index contributed by atoms with van der Waals surface area (Å²) in [6, 6.07) is 12.2. The summed E-state index contributed by atoms with van der Waals surface area (Å²) in [5.74, 6) is 0.162. The summed E-state index contributed by atoms with van der Waals surface area (Å²) in [5, 5.41) is 4.02. The van der Waals surface area contributed by atoms with E-state index in [1.165, 1.54) is 16.7 Å². The molecule has 0 bridgehead atoms. The average molecular weight is 484 g/mol. The van der Waals surface area contributed by atoms with Crippen LogP contribution in [0.4, 0.5) is 0 Å². The van der Waals surface area contributed by atoms with Crippen LogP contribution in [0.15, 0.2) is 67.5 Å². The number of nitrogens with one attached hydrogen (secondary N) is 2. The third-order valence-electron chi connectivity index (χ3n) is 5.40. The molecule has 0 unspecified atom stereocenters. The van der Waals surface area contributed by atoms with Gasteiger partial charge in [0.25, 0.3) is 0 Å². The molecule has 2 aromatic carbocycles. The minimum Gasteiger partial charge on any atom is -0.337 e. The highest BCUT2D eigenvalue weighted by Crippen LogP contribution is 2.27. The molecular formula is C23H25N5O5S. The van der Waals surface area contributed by atoms with Crippen molar-refractivity contribution in [1.82, 2.24) is 24.4 Å². The fraction of sp³-hybridized carbons (Fsp3) is 0.304. The van der Waals surface area contributed by atoms with Crippen LogP contribution < -0.4 is 15.8 Å². The van der Waals surface area contributed by atoms with Crippen molar-refractivity contribution < 1.29 is 12.9 Å². The number of fused-ring (bicyclic) bond motifs is 1. The van der Waals surface area contributed by atoms with E-state index < -0.39 is 27.2 Å². The minimum absolute atomic E-state index is 0.116. The molecule has 0 radical (unpaired) electrons. The number of H-pyrrole nitrogens is 1. The van der Waals surface area contributed by atoms with Crippen molar-refractivity contribution >= 4 is 21.1 Å². The van der Waals surface area contributed by atoms with Crippen molar-refractivity contribution in [2.75, 3.05) is 0 Å². The number of hydrogen-bond donors (Lipinski definition) is 2. The van der Waals surface area contributed by atoms with Gasteiger partial charge in [-0.25, -0.2) is 8.42 Å².